The highest BCUT2D eigenvalue weighted by Gasteiger charge is 2.54. The Balaban J connectivity index is 1.68. The van der Waals surface area contributed by atoms with Gasteiger partial charge in [-0.2, -0.15) is 5.26 Å². The molecule has 2 unspecified atom stereocenters. The van der Waals surface area contributed by atoms with E-state index in [0.29, 0.717) is 52.9 Å². The molecule has 5 rings (SSSR count). The first-order valence-electron chi connectivity index (χ1n) is 13.6. The fourth-order valence-electron chi connectivity index (χ4n) is 5.77. The summed E-state index contributed by atoms with van der Waals surface area (Å²) in [6.07, 6.45) is 1.29. The number of nitrogens with zero attached hydrogens (tertiary/aromatic N) is 2. The number of carbonyl (C=O) groups is 2. The average molecular weight is 593 g/mol. The van der Waals surface area contributed by atoms with Crippen LogP contribution in [0.15, 0.2) is 66.7 Å². The van der Waals surface area contributed by atoms with Crippen molar-refractivity contribution in [2.45, 2.75) is 37.5 Å². The summed E-state index contributed by atoms with van der Waals surface area (Å²) in [5.74, 6) is -0.701. The highest BCUT2D eigenvalue weighted by atomic mass is 35.5. The van der Waals surface area contributed by atoms with Crippen molar-refractivity contribution in [3.05, 3.63) is 99.0 Å². The summed E-state index contributed by atoms with van der Waals surface area (Å²) in [6, 6.07) is 21.4. The van der Waals surface area contributed by atoms with Crippen LogP contribution in [0.4, 0.5) is 0 Å². The molecule has 8 nitrogen and oxygen atoms in total. The van der Waals surface area contributed by atoms with Gasteiger partial charge in [-0.3, -0.25) is 20.2 Å². The first kappa shape index (κ1) is 28.9. The number of hydrogen-bond donors (Lipinski definition) is 3. The van der Waals surface area contributed by atoms with Crippen LogP contribution in [0.25, 0.3) is 0 Å². The molecular weight excluding hydrogens is 561 g/mol. The molecule has 0 saturated carbocycles. The summed E-state index contributed by atoms with van der Waals surface area (Å²) in [4.78, 5) is 28.6. The number of amides is 2. The maximum absolute atomic E-state index is 14.7. The molecule has 4 atom stereocenters. The SMILES string of the molecule is CCOc1cc(C#N)ccc1C1(C(=O)N2CCCC(C(N)=O)C2)N[C@H](c2ccc(Cl)cc2)[C@H](c2ccc(Cl)cc2)N1. The number of carbonyl (C=O) groups excluding carboxylic acids is 2. The standard InChI is InChI=1S/C31H31Cl2N5O3/c1-2-41-26-16-19(17-34)5-14-25(26)31(30(40)38-15-3-4-22(18-38)29(35)39)36-27(20-6-10-23(32)11-7-20)28(37-31)21-8-12-24(33)13-9-21/h5-14,16,22,27-28,36-37H,2-4,15,18H2,1H3,(H2,35,39)/t22?,27-,28+,31?. The van der Waals surface area contributed by atoms with Gasteiger partial charge in [0.1, 0.15) is 5.75 Å². The summed E-state index contributed by atoms with van der Waals surface area (Å²) >= 11 is 12.4. The van der Waals surface area contributed by atoms with Gasteiger partial charge in [-0.25, -0.2) is 0 Å². The van der Waals surface area contributed by atoms with E-state index in [0.717, 1.165) is 11.1 Å². The zero-order chi connectivity index (χ0) is 29.1. The third kappa shape index (κ3) is 5.77. The zero-order valence-electron chi connectivity index (χ0n) is 22.6. The topological polar surface area (TPSA) is 120 Å². The summed E-state index contributed by atoms with van der Waals surface area (Å²) in [5, 5.41) is 18.1. The van der Waals surface area contributed by atoms with Crippen molar-refractivity contribution in [3.63, 3.8) is 0 Å². The number of nitrogens with two attached hydrogens (primary N) is 1. The molecule has 0 radical (unpaired) electrons. The predicted octanol–water partition coefficient (Wildman–Crippen LogP) is 4.82. The summed E-state index contributed by atoms with van der Waals surface area (Å²) in [7, 11) is 0. The molecule has 3 aromatic rings. The van der Waals surface area contributed by atoms with E-state index in [2.05, 4.69) is 16.7 Å². The number of piperidine rings is 1. The predicted molar refractivity (Wildman–Crippen MR) is 157 cm³/mol. The summed E-state index contributed by atoms with van der Waals surface area (Å²) < 4.78 is 6.02. The maximum atomic E-state index is 14.7. The second-order valence-electron chi connectivity index (χ2n) is 10.3. The van der Waals surface area contributed by atoms with Crippen molar-refractivity contribution in [1.82, 2.24) is 15.5 Å². The van der Waals surface area contributed by atoms with Crippen molar-refractivity contribution < 1.29 is 14.3 Å². The molecule has 0 aromatic heterocycles. The number of hydrogen-bond acceptors (Lipinski definition) is 6. The van der Waals surface area contributed by atoms with E-state index in [1.807, 2.05) is 55.5 Å². The first-order chi connectivity index (χ1) is 19.8. The molecule has 0 spiro atoms. The zero-order valence-corrected chi connectivity index (χ0v) is 24.1. The van der Waals surface area contributed by atoms with Crippen molar-refractivity contribution in [3.8, 4) is 11.8 Å². The molecule has 2 heterocycles. The number of ether oxygens (including phenoxy) is 1. The lowest BCUT2D eigenvalue weighted by Crippen LogP contribution is -2.61. The Morgan fingerprint density at radius 3 is 2.12 bits per heavy atom. The lowest BCUT2D eigenvalue weighted by Gasteiger charge is -2.39. The van der Waals surface area contributed by atoms with Crippen LogP contribution in [0.3, 0.4) is 0 Å². The highest BCUT2D eigenvalue weighted by Crippen LogP contribution is 2.45. The van der Waals surface area contributed by atoms with Gasteiger partial charge in [-0.05, 0) is 67.3 Å². The molecule has 2 aliphatic heterocycles. The van der Waals surface area contributed by atoms with Crippen molar-refractivity contribution in [2.75, 3.05) is 19.7 Å². The number of nitrogens with one attached hydrogen (secondary N) is 2. The minimum absolute atomic E-state index is 0.219. The highest BCUT2D eigenvalue weighted by molar-refractivity contribution is 6.30. The van der Waals surface area contributed by atoms with E-state index >= 15 is 0 Å². The van der Waals surface area contributed by atoms with Crippen LogP contribution < -0.4 is 21.1 Å². The van der Waals surface area contributed by atoms with Crippen LogP contribution in [0, 0.1) is 17.2 Å². The number of benzene rings is 3. The summed E-state index contributed by atoms with van der Waals surface area (Å²) in [5.41, 5.74) is 6.98. The van der Waals surface area contributed by atoms with Crippen LogP contribution in [0.2, 0.25) is 10.0 Å². The van der Waals surface area contributed by atoms with E-state index in [1.165, 1.54) is 0 Å². The van der Waals surface area contributed by atoms with Gasteiger partial charge in [0.25, 0.3) is 5.91 Å². The van der Waals surface area contributed by atoms with E-state index in [9.17, 15) is 14.9 Å². The second-order valence-corrected chi connectivity index (χ2v) is 11.2. The second kappa shape index (κ2) is 12.1. The molecule has 0 aliphatic carbocycles. The monoisotopic (exact) mass is 591 g/mol. The Morgan fingerprint density at radius 2 is 1.61 bits per heavy atom. The average Bonchev–Trinajstić information content (AvgIpc) is 3.39. The van der Waals surface area contributed by atoms with Gasteiger partial charge in [0.2, 0.25) is 5.91 Å². The molecule has 0 bridgehead atoms. The van der Waals surface area contributed by atoms with Gasteiger partial charge < -0.3 is 15.4 Å². The van der Waals surface area contributed by atoms with E-state index in [1.54, 1.807) is 23.1 Å². The normalized spacial score (nSPS) is 24.0. The molecule has 2 fully saturated rings. The number of likely N-dealkylation sites (tertiary alicyclic amines) is 1. The van der Waals surface area contributed by atoms with E-state index < -0.39 is 17.5 Å². The minimum Gasteiger partial charge on any atom is -0.493 e. The Labute approximate surface area is 249 Å². The Bertz CT molecular complexity index is 1420. The molecule has 212 valence electrons. The Kier molecular flexibility index (Phi) is 8.52. The van der Waals surface area contributed by atoms with Crippen LogP contribution in [-0.2, 0) is 15.3 Å². The fourth-order valence-corrected chi connectivity index (χ4v) is 6.02. The molecule has 4 N–H and O–H groups in total. The van der Waals surface area contributed by atoms with Crippen LogP contribution >= 0.6 is 23.2 Å². The van der Waals surface area contributed by atoms with Gasteiger partial charge >= 0.3 is 0 Å². The molecule has 41 heavy (non-hydrogen) atoms. The van der Waals surface area contributed by atoms with E-state index in [4.69, 9.17) is 33.7 Å². The Hall–Kier alpha value is -3.61. The summed E-state index contributed by atoms with van der Waals surface area (Å²) in [6.45, 7) is 2.88. The Morgan fingerprint density at radius 1 is 1.02 bits per heavy atom. The lowest BCUT2D eigenvalue weighted by molar-refractivity contribution is -0.142. The molecular formula is C31H31Cl2N5O3. The smallest absolute Gasteiger partial charge is 0.262 e. The van der Waals surface area contributed by atoms with Crippen molar-refractivity contribution >= 4 is 35.0 Å². The van der Waals surface area contributed by atoms with Gasteiger partial charge in [0, 0.05) is 28.7 Å². The van der Waals surface area contributed by atoms with Gasteiger partial charge in [-0.1, -0.05) is 53.5 Å². The third-order valence-corrected chi connectivity index (χ3v) is 8.29. The quantitative estimate of drug-likeness (QED) is 0.362. The fraction of sp³-hybridized carbons (Fsp3) is 0.323. The van der Waals surface area contributed by atoms with Crippen molar-refractivity contribution in [2.24, 2.45) is 11.7 Å². The van der Waals surface area contributed by atoms with Gasteiger partial charge in [-0.15, -0.1) is 0 Å². The number of rotatable bonds is 7. The molecule has 10 heteroatoms. The largest absolute Gasteiger partial charge is 0.493 e. The van der Waals surface area contributed by atoms with E-state index in [-0.39, 0.29) is 24.5 Å². The molecule has 2 amide bonds. The van der Waals surface area contributed by atoms with Gasteiger partial charge in [0.15, 0.2) is 5.66 Å². The lowest BCUT2D eigenvalue weighted by atomic mass is 9.92. The number of primary amides is 1. The molecule has 3 aromatic carbocycles. The molecule has 2 saturated heterocycles. The van der Waals surface area contributed by atoms with Crippen LogP contribution in [0.1, 0.15) is 54.1 Å². The number of halogens is 2. The maximum Gasteiger partial charge on any atom is 0.262 e. The van der Waals surface area contributed by atoms with Gasteiger partial charge in [0.05, 0.1) is 36.2 Å². The molecule has 2 aliphatic rings. The van der Waals surface area contributed by atoms with Crippen LogP contribution in [0.5, 0.6) is 5.75 Å². The van der Waals surface area contributed by atoms with Crippen LogP contribution in [-0.4, -0.2) is 36.4 Å². The van der Waals surface area contributed by atoms with Crippen molar-refractivity contribution in [1.29, 1.82) is 5.26 Å². The first-order valence-corrected chi connectivity index (χ1v) is 14.3. The number of nitriles is 1. The minimum atomic E-state index is -1.47. The third-order valence-electron chi connectivity index (χ3n) is 7.78.